The van der Waals surface area contributed by atoms with Crippen molar-refractivity contribution in [2.45, 2.75) is 31.3 Å². The second-order valence-electron chi connectivity index (χ2n) is 3.71. The Morgan fingerprint density at radius 1 is 1.53 bits per heavy atom. The Hall–Kier alpha value is -0.790. The number of nitrogens with one attached hydrogen (secondary N) is 1. The number of carboxylic acids is 2. The van der Waals surface area contributed by atoms with Gasteiger partial charge in [0.15, 0.2) is 0 Å². The molecule has 0 aromatic rings. The van der Waals surface area contributed by atoms with Crippen molar-refractivity contribution >= 4 is 23.7 Å². The molecule has 0 amide bonds. The third-order valence-electron chi connectivity index (χ3n) is 2.31. The number of hydrogen-bond donors (Lipinski definition) is 4. The Morgan fingerprint density at radius 3 is 2.47 bits per heavy atom. The Morgan fingerprint density at radius 2 is 2.18 bits per heavy atom. The number of hydrogen-bond acceptors (Lipinski definition) is 5. The van der Waals surface area contributed by atoms with Gasteiger partial charge in [0.05, 0.1) is 0 Å². The van der Waals surface area contributed by atoms with Gasteiger partial charge in [-0.1, -0.05) is 0 Å². The molecule has 7 heteroatoms. The maximum Gasteiger partial charge on any atom is 0.320 e. The van der Waals surface area contributed by atoms with E-state index in [-0.39, 0.29) is 6.04 Å². The minimum atomic E-state index is -0.913. The molecule has 2 unspecified atom stereocenters. The molecule has 1 fully saturated rings. The van der Waals surface area contributed by atoms with E-state index in [0.29, 0.717) is 6.42 Å². The summed E-state index contributed by atoms with van der Waals surface area (Å²) in [6, 6.07) is -0.951. The molecule has 0 saturated carbocycles. The number of nitrogens with two attached hydrogens (primary N) is 1. The molecule has 1 aliphatic heterocycles. The van der Waals surface area contributed by atoms with Crippen molar-refractivity contribution in [3.05, 3.63) is 0 Å². The molecule has 0 aromatic heterocycles. The van der Waals surface area contributed by atoms with Crippen LogP contribution in [0.1, 0.15) is 19.3 Å². The zero-order chi connectivity index (χ0) is 13.3. The van der Waals surface area contributed by atoms with Gasteiger partial charge < -0.3 is 21.3 Å². The third-order valence-corrected chi connectivity index (χ3v) is 2.95. The molecule has 1 aliphatic rings. The highest BCUT2D eigenvalue weighted by molar-refractivity contribution is 7.98. The van der Waals surface area contributed by atoms with Crippen LogP contribution in [0.2, 0.25) is 0 Å². The van der Waals surface area contributed by atoms with Crippen LogP contribution in [-0.2, 0) is 9.59 Å². The highest BCUT2D eigenvalue weighted by Gasteiger charge is 2.20. The fourth-order valence-corrected chi connectivity index (χ4v) is 1.75. The molecule has 1 saturated heterocycles. The lowest BCUT2D eigenvalue weighted by Crippen LogP contribution is -2.30. The van der Waals surface area contributed by atoms with Crippen LogP contribution < -0.4 is 11.1 Å². The summed E-state index contributed by atoms with van der Waals surface area (Å²) in [5.41, 5.74) is 5.19. The van der Waals surface area contributed by atoms with E-state index in [0.717, 1.165) is 25.1 Å². The lowest BCUT2D eigenvalue weighted by Gasteiger charge is -2.02. The van der Waals surface area contributed by atoms with Crippen LogP contribution in [0.5, 0.6) is 0 Å². The van der Waals surface area contributed by atoms with Crippen molar-refractivity contribution in [1.82, 2.24) is 5.32 Å². The first-order chi connectivity index (χ1) is 7.99. The van der Waals surface area contributed by atoms with Gasteiger partial charge in [0.25, 0.3) is 0 Å². The molecule has 0 spiro atoms. The molecule has 0 aromatic carbocycles. The second kappa shape index (κ2) is 9.26. The van der Waals surface area contributed by atoms with Crippen LogP contribution in [-0.4, -0.2) is 52.8 Å². The molecule has 6 nitrogen and oxygen atoms in total. The third kappa shape index (κ3) is 8.00. The number of carboxylic acid groups (broad SMARTS) is 2. The van der Waals surface area contributed by atoms with Crippen molar-refractivity contribution in [3.8, 4) is 0 Å². The molecule has 100 valence electrons. The van der Waals surface area contributed by atoms with Crippen LogP contribution in [0.4, 0.5) is 0 Å². The Kier molecular flexibility index (Phi) is 8.83. The van der Waals surface area contributed by atoms with E-state index < -0.39 is 18.0 Å². The summed E-state index contributed by atoms with van der Waals surface area (Å²) in [6.07, 6.45) is 4.26. The molecule has 17 heavy (non-hydrogen) atoms. The fourth-order valence-electron chi connectivity index (χ4n) is 1.26. The standard InChI is InChI=1S/C5H11NO2S.C5H9NO2/c1-9-3-2-4(6)5(7)8;7-5(8)4-2-1-3-6-4/h4H,2-3,6H2,1H3,(H,7,8);4,6H,1-3H2,(H,7,8). The van der Waals surface area contributed by atoms with E-state index in [1.807, 2.05) is 6.26 Å². The minimum Gasteiger partial charge on any atom is -0.480 e. The fraction of sp³-hybridized carbons (Fsp3) is 0.800. The van der Waals surface area contributed by atoms with Crippen LogP contribution in [0.25, 0.3) is 0 Å². The number of thioether (sulfide) groups is 1. The first-order valence-electron chi connectivity index (χ1n) is 5.42. The molecule has 5 N–H and O–H groups in total. The van der Waals surface area contributed by atoms with Gasteiger partial charge in [-0.25, -0.2) is 0 Å². The van der Waals surface area contributed by atoms with E-state index in [1.165, 1.54) is 0 Å². The van der Waals surface area contributed by atoms with Gasteiger partial charge in [0.1, 0.15) is 12.1 Å². The largest absolute Gasteiger partial charge is 0.480 e. The Bertz CT molecular complexity index is 244. The molecule has 0 bridgehead atoms. The van der Waals surface area contributed by atoms with Crippen molar-refractivity contribution in [3.63, 3.8) is 0 Å². The monoisotopic (exact) mass is 264 g/mol. The summed E-state index contributed by atoms with van der Waals surface area (Å²) in [4.78, 5) is 20.2. The summed E-state index contributed by atoms with van der Waals surface area (Å²) in [6.45, 7) is 0.858. The van der Waals surface area contributed by atoms with Gasteiger partial charge in [0.2, 0.25) is 0 Å². The van der Waals surface area contributed by atoms with Crippen molar-refractivity contribution in [2.24, 2.45) is 5.73 Å². The van der Waals surface area contributed by atoms with E-state index in [9.17, 15) is 9.59 Å². The second-order valence-corrected chi connectivity index (χ2v) is 4.70. The summed E-state index contributed by atoms with van der Waals surface area (Å²) < 4.78 is 0. The zero-order valence-electron chi connectivity index (χ0n) is 9.89. The zero-order valence-corrected chi connectivity index (χ0v) is 10.7. The average Bonchev–Trinajstić information content (AvgIpc) is 2.80. The maximum absolute atomic E-state index is 10.1. The van der Waals surface area contributed by atoms with E-state index in [2.05, 4.69) is 5.32 Å². The summed E-state index contributed by atoms with van der Waals surface area (Å²) in [5.74, 6) is -0.820. The normalized spacial score (nSPS) is 20.2. The van der Waals surface area contributed by atoms with Crippen LogP contribution >= 0.6 is 11.8 Å². The molecule has 0 aliphatic carbocycles. The first-order valence-corrected chi connectivity index (χ1v) is 6.82. The van der Waals surface area contributed by atoms with Crippen LogP contribution in [0.3, 0.4) is 0 Å². The summed E-state index contributed by atoms with van der Waals surface area (Å²) >= 11 is 1.60. The van der Waals surface area contributed by atoms with Gasteiger partial charge in [-0.2, -0.15) is 11.8 Å². The van der Waals surface area contributed by atoms with Crippen molar-refractivity contribution < 1.29 is 19.8 Å². The predicted octanol–water partition coefficient (Wildman–Crippen LogP) is -0.0256. The average molecular weight is 264 g/mol. The molecular formula is C10H20N2O4S. The van der Waals surface area contributed by atoms with E-state index >= 15 is 0 Å². The topological polar surface area (TPSA) is 113 Å². The van der Waals surface area contributed by atoms with Gasteiger partial charge in [-0.05, 0) is 37.8 Å². The van der Waals surface area contributed by atoms with Crippen molar-refractivity contribution in [1.29, 1.82) is 0 Å². The lowest BCUT2D eigenvalue weighted by molar-refractivity contribution is -0.139. The minimum absolute atomic E-state index is 0.269. The van der Waals surface area contributed by atoms with Gasteiger partial charge in [-0.3, -0.25) is 9.59 Å². The van der Waals surface area contributed by atoms with Crippen LogP contribution in [0, 0.1) is 0 Å². The van der Waals surface area contributed by atoms with Crippen LogP contribution in [0.15, 0.2) is 0 Å². The molecule has 1 rings (SSSR count). The molecular weight excluding hydrogens is 244 g/mol. The lowest BCUT2D eigenvalue weighted by atomic mass is 10.2. The predicted molar refractivity (Wildman–Crippen MR) is 67.3 cm³/mol. The molecule has 0 radical (unpaired) electrons. The smallest absolute Gasteiger partial charge is 0.320 e. The van der Waals surface area contributed by atoms with Gasteiger partial charge >= 0.3 is 11.9 Å². The van der Waals surface area contributed by atoms with E-state index in [4.69, 9.17) is 15.9 Å². The number of aliphatic carboxylic acids is 2. The summed E-state index contributed by atoms with van der Waals surface area (Å²) in [5, 5.41) is 19.5. The number of rotatable bonds is 5. The first kappa shape index (κ1) is 16.2. The summed E-state index contributed by atoms with van der Waals surface area (Å²) in [7, 11) is 0. The number of carbonyl (C=O) groups is 2. The highest BCUT2D eigenvalue weighted by Crippen LogP contribution is 2.03. The van der Waals surface area contributed by atoms with Crippen molar-refractivity contribution in [2.75, 3.05) is 18.6 Å². The maximum atomic E-state index is 10.1. The Balaban J connectivity index is 0.000000302. The molecule has 1 heterocycles. The SMILES string of the molecule is CSCCC(N)C(=O)O.O=C(O)C1CCCN1. The van der Waals surface area contributed by atoms with Gasteiger partial charge in [-0.15, -0.1) is 0 Å². The molecule has 2 atom stereocenters. The highest BCUT2D eigenvalue weighted by atomic mass is 32.2. The van der Waals surface area contributed by atoms with Gasteiger partial charge in [0, 0.05) is 0 Å². The quantitative estimate of drug-likeness (QED) is 0.551. The Labute approximate surface area is 105 Å². The van der Waals surface area contributed by atoms with E-state index in [1.54, 1.807) is 11.8 Å².